The van der Waals surface area contributed by atoms with E-state index in [0.717, 1.165) is 17.7 Å². The van der Waals surface area contributed by atoms with Crippen molar-refractivity contribution in [3.8, 4) is 0 Å². The predicted octanol–water partition coefficient (Wildman–Crippen LogP) is 4.23. The van der Waals surface area contributed by atoms with Crippen LogP contribution in [0.4, 0.5) is 4.39 Å². The molecule has 1 unspecified atom stereocenters. The van der Waals surface area contributed by atoms with Crippen molar-refractivity contribution in [2.75, 3.05) is 0 Å². The molecule has 25 heavy (non-hydrogen) atoms. The van der Waals surface area contributed by atoms with Gasteiger partial charge >= 0.3 is 0 Å². The van der Waals surface area contributed by atoms with E-state index in [1.807, 2.05) is 24.3 Å². The van der Waals surface area contributed by atoms with Crippen molar-refractivity contribution in [3.63, 3.8) is 0 Å². The van der Waals surface area contributed by atoms with Crippen molar-refractivity contribution in [3.05, 3.63) is 82.7 Å². The molecule has 0 spiro atoms. The Morgan fingerprint density at radius 3 is 2.36 bits per heavy atom. The first kappa shape index (κ1) is 17.9. The maximum absolute atomic E-state index is 14.0. The minimum Gasteiger partial charge on any atom is -0.225 e. The lowest BCUT2D eigenvalue weighted by atomic mass is 9.88. The summed E-state index contributed by atoms with van der Waals surface area (Å²) in [5, 5.41) is 5.62. The molecule has 7 heteroatoms. The lowest BCUT2D eigenvalue weighted by molar-refractivity contribution is 0.568. The van der Waals surface area contributed by atoms with E-state index in [1.165, 1.54) is 6.07 Å². The van der Waals surface area contributed by atoms with Gasteiger partial charge in [-0.1, -0.05) is 54.2 Å². The highest BCUT2D eigenvalue weighted by Crippen LogP contribution is 2.30. The van der Waals surface area contributed by atoms with Crippen molar-refractivity contribution < 1.29 is 12.8 Å². The van der Waals surface area contributed by atoms with Crippen LogP contribution in [0.15, 0.2) is 65.6 Å². The minimum atomic E-state index is -4.09. The lowest BCUT2D eigenvalue weighted by Crippen LogP contribution is -2.14. The number of allylic oxidation sites excluding steroid dienone is 4. The average Bonchev–Trinajstić information content (AvgIpc) is 2.54. The first-order valence-electron chi connectivity index (χ1n) is 7.27. The van der Waals surface area contributed by atoms with Gasteiger partial charge in [-0.3, -0.25) is 0 Å². The third-order valence-electron chi connectivity index (χ3n) is 3.87. The summed E-state index contributed by atoms with van der Waals surface area (Å²) in [6, 6.07) is 11.2. The van der Waals surface area contributed by atoms with Crippen LogP contribution in [0.5, 0.6) is 0 Å². The molecule has 0 aromatic heterocycles. The first-order valence-corrected chi connectivity index (χ1v) is 9.61. The summed E-state index contributed by atoms with van der Waals surface area (Å²) in [4.78, 5) is 0.147. The fourth-order valence-corrected chi connectivity index (χ4v) is 3.68. The summed E-state index contributed by atoms with van der Waals surface area (Å²) in [5.74, 6) is -0.954. The molecule has 1 aliphatic carbocycles. The van der Waals surface area contributed by atoms with Gasteiger partial charge in [0.05, 0.1) is 0 Å². The fraction of sp³-hybridized carbons (Fsp3) is 0.0556. The van der Waals surface area contributed by atoms with E-state index in [9.17, 15) is 12.8 Å². The van der Waals surface area contributed by atoms with Crippen LogP contribution in [-0.2, 0) is 10.0 Å². The van der Waals surface area contributed by atoms with Crippen molar-refractivity contribution in [1.29, 1.82) is 0 Å². The molecule has 0 saturated carbocycles. The normalized spacial score (nSPS) is 17.5. The van der Waals surface area contributed by atoms with Gasteiger partial charge in [0.25, 0.3) is 0 Å². The first-order chi connectivity index (χ1) is 11.8. The lowest BCUT2D eigenvalue weighted by Gasteiger charge is -2.18. The molecule has 0 aliphatic heterocycles. The number of halogens is 2. The number of thiocarbonyl (C=S) groups is 1. The molecule has 128 valence electrons. The second-order valence-electron chi connectivity index (χ2n) is 5.58. The van der Waals surface area contributed by atoms with E-state index in [0.29, 0.717) is 21.0 Å². The van der Waals surface area contributed by atoms with E-state index in [4.69, 9.17) is 29.0 Å². The van der Waals surface area contributed by atoms with Crippen LogP contribution in [0, 0.1) is 5.82 Å². The van der Waals surface area contributed by atoms with Crippen LogP contribution in [0.2, 0.25) is 5.02 Å². The van der Waals surface area contributed by atoms with Gasteiger partial charge in [0.2, 0.25) is 10.0 Å². The van der Waals surface area contributed by atoms with E-state index < -0.39 is 20.7 Å². The Morgan fingerprint density at radius 2 is 1.80 bits per heavy atom. The zero-order valence-electron chi connectivity index (χ0n) is 12.8. The average molecular weight is 394 g/mol. The highest BCUT2D eigenvalue weighted by Gasteiger charge is 2.19. The quantitative estimate of drug-likeness (QED) is 0.793. The van der Waals surface area contributed by atoms with Crippen LogP contribution < -0.4 is 5.14 Å². The number of sulfonamides is 1. The number of primary sulfonamides is 1. The van der Waals surface area contributed by atoms with Crippen LogP contribution in [0.25, 0.3) is 5.57 Å². The molecule has 3 nitrogen and oxygen atoms in total. The molecule has 0 fully saturated rings. The Morgan fingerprint density at radius 1 is 1.12 bits per heavy atom. The molecule has 0 heterocycles. The molecule has 0 radical (unpaired) electrons. The van der Waals surface area contributed by atoms with Gasteiger partial charge in [-0.15, -0.1) is 0 Å². The molecule has 0 amide bonds. The molecule has 0 bridgehead atoms. The van der Waals surface area contributed by atoms with Crippen molar-refractivity contribution in [1.82, 2.24) is 0 Å². The highest BCUT2D eigenvalue weighted by atomic mass is 35.5. The third-order valence-corrected chi connectivity index (χ3v) is 5.44. The monoisotopic (exact) mass is 393 g/mol. The zero-order valence-corrected chi connectivity index (χ0v) is 15.2. The van der Waals surface area contributed by atoms with Gasteiger partial charge in [0.1, 0.15) is 10.7 Å². The summed E-state index contributed by atoms with van der Waals surface area (Å²) < 4.78 is 36.6. The van der Waals surface area contributed by atoms with Crippen LogP contribution in [0.3, 0.4) is 0 Å². The SMILES string of the molecule is NS(=O)(=O)c1ccc(C2=CC(=S)C(c3ccc(Cl)cc3)C=C2)cc1F. The fourth-order valence-electron chi connectivity index (χ4n) is 2.62. The summed E-state index contributed by atoms with van der Waals surface area (Å²) in [6.45, 7) is 0. The molecule has 3 rings (SSSR count). The summed E-state index contributed by atoms with van der Waals surface area (Å²) in [6.07, 6.45) is 5.53. The maximum Gasteiger partial charge on any atom is 0.240 e. The molecule has 2 aromatic carbocycles. The van der Waals surface area contributed by atoms with Gasteiger partial charge in [-0.05, 0) is 47.0 Å². The molecule has 1 atom stereocenters. The number of nitrogens with two attached hydrogens (primary N) is 1. The smallest absolute Gasteiger partial charge is 0.225 e. The molecule has 2 aromatic rings. The van der Waals surface area contributed by atoms with Gasteiger partial charge in [-0.2, -0.15) is 0 Å². The highest BCUT2D eigenvalue weighted by molar-refractivity contribution is 7.89. The molecule has 1 aliphatic rings. The summed E-state index contributed by atoms with van der Waals surface area (Å²) in [7, 11) is -4.09. The van der Waals surface area contributed by atoms with E-state index in [-0.39, 0.29) is 5.92 Å². The van der Waals surface area contributed by atoms with Crippen molar-refractivity contribution >= 4 is 44.3 Å². The second kappa shape index (κ2) is 6.80. The number of hydrogen-bond donors (Lipinski definition) is 1. The minimum absolute atomic E-state index is 0.0652. The Balaban J connectivity index is 1.90. The van der Waals surface area contributed by atoms with Crippen LogP contribution in [0.1, 0.15) is 17.0 Å². The third kappa shape index (κ3) is 3.88. The molecular formula is C18H13ClFNO2S2. The van der Waals surface area contributed by atoms with Crippen LogP contribution >= 0.6 is 23.8 Å². The van der Waals surface area contributed by atoms with Gasteiger partial charge in [0, 0.05) is 15.8 Å². The number of benzene rings is 2. The Kier molecular flexibility index (Phi) is 4.88. The van der Waals surface area contributed by atoms with Crippen LogP contribution in [-0.4, -0.2) is 13.3 Å². The number of rotatable bonds is 3. The second-order valence-corrected chi connectivity index (χ2v) is 8.02. The Bertz CT molecular complexity index is 1010. The van der Waals surface area contributed by atoms with Gasteiger partial charge < -0.3 is 0 Å². The molecular weight excluding hydrogens is 381 g/mol. The molecule has 2 N–H and O–H groups in total. The molecule has 0 saturated heterocycles. The van der Waals surface area contributed by atoms with Gasteiger partial charge in [0.15, 0.2) is 0 Å². The van der Waals surface area contributed by atoms with Gasteiger partial charge in [-0.25, -0.2) is 17.9 Å². The predicted molar refractivity (Wildman–Crippen MR) is 102 cm³/mol. The largest absolute Gasteiger partial charge is 0.240 e. The summed E-state index contributed by atoms with van der Waals surface area (Å²) >= 11 is 11.4. The summed E-state index contributed by atoms with van der Waals surface area (Å²) in [5.41, 5.74) is 2.24. The Labute approximate surface area is 155 Å². The van der Waals surface area contributed by atoms with Crippen molar-refractivity contribution in [2.45, 2.75) is 10.8 Å². The van der Waals surface area contributed by atoms with E-state index in [1.54, 1.807) is 18.2 Å². The zero-order chi connectivity index (χ0) is 18.2. The van der Waals surface area contributed by atoms with E-state index in [2.05, 4.69) is 0 Å². The standard InChI is InChI=1S/C18H13ClFNO2S2/c19-14-5-1-11(2-6-14)15-7-3-13(10-17(15)24)12-4-8-18(16(20)9-12)25(21,22)23/h1-10,15H,(H2,21,22,23). The van der Waals surface area contributed by atoms with E-state index >= 15 is 0 Å². The topological polar surface area (TPSA) is 60.2 Å². The maximum atomic E-state index is 14.0. The van der Waals surface area contributed by atoms with Crippen molar-refractivity contribution in [2.24, 2.45) is 5.14 Å². The number of hydrogen-bond acceptors (Lipinski definition) is 3. The Hall–Kier alpha value is -1.86.